The molecular formula is C13H11BrFN. The standard InChI is InChI=1S/C13H11BrFN/c14-11-3-1-2-9(7-11)6-10-8-12(15)4-5-13(10)16/h1-5,7-8H,6,16H2. The van der Waals surface area contributed by atoms with Crippen LogP contribution in [-0.4, -0.2) is 0 Å². The van der Waals surface area contributed by atoms with E-state index in [4.69, 9.17) is 5.73 Å². The van der Waals surface area contributed by atoms with Gasteiger partial charge in [0.15, 0.2) is 0 Å². The fourth-order valence-corrected chi connectivity index (χ4v) is 2.04. The number of hydrogen-bond donors (Lipinski definition) is 1. The lowest BCUT2D eigenvalue weighted by molar-refractivity contribution is 0.626. The van der Waals surface area contributed by atoms with Gasteiger partial charge in [0.2, 0.25) is 0 Å². The predicted octanol–water partition coefficient (Wildman–Crippen LogP) is 3.76. The Labute approximate surface area is 102 Å². The maximum absolute atomic E-state index is 13.1. The summed E-state index contributed by atoms with van der Waals surface area (Å²) >= 11 is 3.40. The van der Waals surface area contributed by atoms with Gasteiger partial charge >= 0.3 is 0 Å². The van der Waals surface area contributed by atoms with Crippen LogP contribution >= 0.6 is 15.9 Å². The highest BCUT2D eigenvalue weighted by Gasteiger charge is 2.03. The van der Waals surface area contributed by atoms with Crippen molar-refractivity contribution in [3.8, 4) is 0 Å². The van der Waals surface area contributed by atoms with E-state index in [0.717, 1.165) is 15.6 Å². The molecule has 0 aromatic heterocycles. The molecule has 0 radical (unpaired) electrons. The summed E-state index contributed by atoms with van der Waals surface area (Å²) in [6, 6.07) is 12.4. The molecule has 16 heavy (non-hydrogen) atoms. The van der Waals surface area contributed by atoms with E-state index < -0.39 is 0 Å². The number of benzene rings is 2. The first-order valence-electron chi connectivity index (χ1n) is 4.93. The van der Waals surface area contributed by atoms with Gasteiger partial charge in [-0.15, -0.1) is 0 Å². The van der Waals surface area contributed by atoms with Crippen molar-refractivity contribution >= 4 is 21.6 Å². The van der Waals surface area contributed by atoms with E-state index in [0.29, 0.717) is 12.1 Å². The van der Waals surface area contributed by atoms with E-state index in [-0.39, 0.29) is 5.82 Å². The largest absolute Gasteiger partial charge is 0.398 e. The van der Waals surface area contributed by atoms with Crippen molar-refractivity contribution in [2.24, 2.45) is 0 Å². The van der Waals surface area contributed by atoms with E-state index in [1.807, 2.05) is 24.3 Å². The molecule has 0 unspecified atom stereocenters. The van der Waals surface area contributed by atoms with Crippen LogP contribution in [0.3, 0.4) is 0 Å². The molecule has 0 saturated carbocycles. The minimum Gasteiger partial charge on any atom is -0.398 e. The van der Waals surface area contributed by atoms with E-state index >= 15 is 0 Å². The highest BCUT2D eigenvalue weighted by molar-refractivity contribution is 9.10. The van der Waals surface area contributed by atoms with Crippen LogP contribution in [0.1, 0.15) is 11.1 Å². The summed E-state index contributed by atoms with van der Waals surface area (Å²) in [5.74, 6) is -0.251. The number of rotatable bonds is 2. The molecule has 0 heterocycles. The molecule has 2 aromatic rings. The first-order chi connectivity index (χ1) is 7.65. The molecular weight excluding hydrogens is 269 g/mol. The summed E-state index contributed by atoms with van der Waals surface area (Å²) < 4.78 is 14.1. The lowest BCUT2D eigenvalue weighted by Crippen LogP contribution is -1.96. The van der Waals surface area contributed by atoms with Crippen LogP contribution < -0.4 is 5.73 Å². The summed E-state index contributed by atoms with van der Waals surface area (Å²) in [4.78, 5) is 0. The second-order valence-electron chi connectivity index (χ2n) is 3.65. The summed E-state index contributed by atoms with van der Waals surface area (Å²) in [5, 5.41) is 0. The van der Waals surface area contributed by atoms with Crippen LogP contribution in [0.25, 0.3) is 0 Å². The molecule has 0 fully saturated rings. The number of hydrogen-bond acceptors (Lipinski definition) is 1. The third kappa shape index (κ3) is 2.61. The SMILES string of the molecule is Nc1ccc(F)cc1Cc1cccc(Br)c1. The van der Waals surface area contributed by atoms with Gasteiger partial charge in [0.25, 0.3) is 0 Å². The van der Waals surface area contributed by atoms with Gasteiger partial charge in [-0.05, 0) is 47.9 Å². The minimum atomic E-state index is -0.251. The van der Waals surface area contributed by atoms with Crippen molar-refractivity contribution in [2.45, 2.75) is 6.42 Å². The van der Waals surface area contributed by atoms with Crippen molar-refractivity contribution in [3.05, 3.63) is 63.9 Å². The molecule has 0 bridgehead atoms. The molecule has 3 heteroatoms. The van der Waals surface area contributed by atoms with E-state index in [9.17, 15) is 4.39 Å². The van der Waals surface area contributed by atoms with Crippen LogP contribution in [0.5, 0.6) is 0 Å². The van der Waals surface area contributed by atoms with Crippen LogP contribution in [0.4, 0.5) is 10.1 Å². The van der Waals surface area contributed by atoms with Gasteiger partial charge in [-0.2, -0.15) is 0 Å². The van der Waals surface area contributed by atoms with Gasteiger partial charge in [-0.1, -0.05) is 28.1 Å². The maximum atomic E-state index is 13.1. The Balaban J connectivity index is 2.30. The number of nitrogen functional groups attached to an aromatic ring is 1. The van der Waals surface area contributed by atoms with Crippen molar-refractivity contribution in [2.75, 3.05) is 5.73 Å². The molecule has 2 N–H and O–H groups in total. The summed E-state index contributed by atoms with van der Waals surface area (Å²) in [5.41, 5.74) is 8.34. The Hall–Kier alpha value is -1.35. The molecule has 2 aromatic carbocycles. The average molecular weight is 280 g/mol. The molecule has 1 nitrogen and oxygen atoms in total. The van der Waals surface area contributed by atoms with Crippen LogP contribution in [0, 0.1) is 5.82 Å². The lowest BCUT2D eigenvalue weighted by Gasteiger charge is -2.06. The lowest BCUT2D eigenvalue weighted by atomic mass is 10.0. The van der Waals surface area contributed by atoms with Gasteiger partial charge in [0, 0.05) is 10.2 Å². The van der Waals surface area contributed by atoms with Crippen molar-refractivity contribution in [3.63, 3.8) is 0 Å². The molecule has 0 aliphatic heterocycles. The van der Waals surface area contributed by atoms with Crippen molar-refractivity contribution in [1.82, 2.24) is 0 Å². The number of anilines is 1. The van der Waals surface area contributed by atoms with Gasteiger partial charge < -0.3 is 5.73 Å². The van der Waals surface area contributed by atoms with Gasteiger partial charge in [-0.25, -0.2) is 4.39 Å². The zero-order valence-corrected chi connectivity index (χ0v) is 10.2. The smallest absolute Gasteiger partial charge is 0.123 e. The fraction of sp³-hybridized carbons (Fsp3) is 0.0769. The van der Waals surface area contributed by atoms with Gasteiger partial charge in [0.05, 0.1) is 0 Å². The van der Waals surface area contributed by atoms with Gasteiger partial charge in [-0.3, -0.25) is 0 Å². The first-order valence-corrected chi connectivity index (χ1v) is 5.73. The molecule has 82 valence electrons. The number of nitrogens with two attached hydrogens (primary N) is 1. The first kappa shape index (κ1) is 11.1. The second kappa shape index (κ2) is 4.66. The summed E-state index contributed by atoms with van der Waals surface area (Å²) in [7, 11) is 0. The summed E-state index contributed by atoms with van der Waals surface area (Å²) in [6.45, 7) is 0. The van der Waals surface area contributed by atoms with Crippen LogP contribution in [-0.2, 0) is 6.42 Å². The van der Waals surface area contributed by atoms with E-state index in [2.05, 4.69) is 15.9 Å². The van der Waals surface area contributed by atoms with Crippen molar-refractivity contribution in [1.29, 1.82) is 0 Å². The average Bonchev–Trinajstić information content (AvgIpc) is 2.24. The topological polar surface area (TPSA) is 26.0 Å². The molecule has 0 saturated heterocycles. The maximum Gasteiger partial charge on any atom is 0.123 e. The van der Waals surface area contributed by atoms with Crippen molar-refractivity contribution < 1.29 is 4.39 Å². The Morgan fingerprint density at radius 3 is 2.69 bits per heavy atom. The monoisotopic (exact) mass is 279 g/mol. The quantitative estimate of drug-likeness (QED) is 0.833. The van der Waals surface area contributed by atoms with E-state index in [1.54, 1.807) is 6.07 Å². The van der Waals surface area contributed by atoms with Crippen LogP contribution in [0.15, 0.2) is 46.9 Å². The second-order valence-corrected chi connectivity index (χ2v) is 4.57. The molecule has 0 spiro atoms. The third-order valence-corrected chi connectivity index (χ3v) is 2.88. The zero-order chi connectivity index (χ0) is 11.5. The molecule has 0 aliphatic carbocycles. The zero-order valence-electron chi connectivity index (χ0n) is 8.58. The Kier molecular flexibility index (Phi) is 3.25. The van der Waals surface area contributed by atoms with Crippen LogP contribution in [0.2, 0.25) is 0 Å². The summed E-state index contributed by atoms with van der Waals surface area (Å²) in [6.07, 6.45) is 0.642. The highest BCUT2D eigenvalue weighted by atomic mass is 79.9. The Morgan fingerprint density at radius 2 is 1.94 bits per heavy atom. The number of halogens is 2. The molecule has 2 rings (SSSR count). The fourth-order valence-electron chi connectivity index (χ4n) is 1.59. The van der Waals surface area contributed by atoms with E-state index in [1.165, 1.54) is 12.1 Å². The highest BCUT2D eigenvalue weighted by Crippen LogP contribution is 2.19. The molecule has 0 atom stereocenters. The van der Waals surface area contributed by atoms with Gasteiger partial charge in [0.1, 0.15) is 5.82 Å². The Bertz CT molecular complexity index is 511. The predicted molar refractivity (Wildman–Crippen MR) is 67.8 cm³/mol. The molecule has 0 aliphatic rings. The minimum absolute atomic E-state index is 0.251. The third-order valence-electron chi connectivity index (χ3n) is 2.39. The normalized spacial score (nSPS) is 10.4. The molecule has 0 amide bonds. The Morgan fingerprint density at radius 1 is 1.12 bits per heavy atom.